The maximum absolute atomic E-state index is 12.6. The average molecular weight is 330 g/mol. The Labute approximate surface area is 142 Å². The molecule has 1 aliphatic heterocycles. The van der Waals surface area contributed by atoms with E-state index in [9.17, 15) is 9.90 Å². The number of likely N-dealkylation sites (tertiary alicyclic amines) is 1. The van der Waals surface area contributed by atoms with Crippen LogP contribution in [0.3, 0.4) is 0 Å². The van der Waals surface area contributed by atoms with Crippen LogP contribution in [0, 0.1) is 12.3 Å². The number of phenolic OH excluding ortho intramolecular Hbond substituents is 1. The van der Waals surface area contributed by atoms with Gasteiger partial charge in [0.15, 0.2) is 17.3 Å². The first-order valence-corrected chi connectivity index (χ1v) is 8.54. The minimum atomic E-state index is -0.407. The number of Topliss-reactive ketones (excluding diaryl/α,β-unsaturated/α-hetero) is 1. The van der Waals surface area contributed by atoms with Gasteiger partial charge in [0.1, 0.15) is 6.10 Å². The number of rotatable bonds is 2. The molecule has 1 aromatic rings. The third-order valence-electron chi connectivity index (χ3n) is 6.38. The van der Waals surface area contributed by atoms with Gasteiger partial charge in [-0.1, -0.05) is 6.07 Å². The predicted molar refractivity (Wildman–Crippen MR) is 89.3 cm³/mol. The van der Waals surface area contributed by atoms with Crippen molar-refractivity contribution in [2.75, 3.05) is 27.8 Å². The normalized spacial score (nSPS) is 35.3. The molecule has 2 aliphatic carbocycles. The first-order chi connectivity index (χ1) is 11.5. The molecule has 129 valence electrons. The maximum atomic E-state index is 12.6. The SMILES string of the molecule is COc1ccc2c(c1O)[C@]13[CH]C(=O)C(OC)CC1C(C2)N(C)CC3. The smallest absolute Gasteiger partial charge is 0.166 e. The first-order valence-electron chi connectivity index (χ1n) is 8.54. The zero-order valence-electron chi connectivity index (χ0n) is 14.4. The number of phenols is 1. The van der Waals surface area contributed by atoms with Gasteiger partial charge < -0.3 is 19.5 Å². The van der Waals surface area contributed by atoms with Crippen molar-refractivity contribution in [3.63, 3.8) is 0 Å². The van der Waals surface area contributed by atoms with Crippen molar-refractivity contribution in [1.82, 2.24) is 4.90 Å². The molecule has 5 heteroatoms. The first kappa shape index (κ1) is 15.9. The minimum absolute atomic E-state index is 0.0344. The summed E-state index contributed by atoms with van der Waals surface area (Å²) in [6, 6.07) is 4.23. The molecule has 24 heavy (non-hydrogen) atoms. The summed E-state index contributed by atoms with van der Waals surface area (Å²) in [5.41, 5.74) is 1.62. The summed E-state index contributed by atoms with van der Waals surface area (Å²) in [5, 5.41) is 10.9. The van der Waals surface area contributed by atoms with Crippen molar-refractivity contribution in [2.45, 2.75) is 36.8 Å². The summed E-state index contributed by atoms with van der Waals surface area (Å²) < 4.78 is 10.8. The molecule has 0 amide bonds. The van der Waals surface area contributed by atoms with Gasteiger partial charge in [0.05, 0.1) is 7.11 Å². The van der Waals surface area contributed by atoms with E-state index in [1.165, 1.54) is 0 Å². The topological polar surface area (TPSA) is 59.0 Å². The molecule has 1 heterocycles. The van der Waals surface area contributed by atoms with Crippen LogP contribution in [0.4, 0.5) is 0 Å². The molecule has 2 fully saturated rings. The zero-order chi connectivity index (χ0) is 17.1. The van der Waals surface area contributed by atoms with Crippen molar-refractivity contribution >= 4 is 5.78 Å². The molecule has 1 N–H and O–H groups in total. The molecule has 2 bridgehead atoms. The molecule has 3 unspecified atom stereocenters. The van der Waals surface area contributed by atoms with Gasteiger partial charge in [0.25, 0.3) is 0 Å². The Morgan fingerprint density at radius 2 is 2.12 bits per heavy atom. The number of benzene rings is 1. The third kappa shape index (κ3) is 1.97. The summed E-state index contributed by atoms with van der Waals surface area (Å²) >= 11 is 0. The van der Waals surface area contributed by atoms with Crippen LogP contribution < -0.4 is 4.74 Å². The van der Waals surface area contributed by atoms with E-state index in [2.05, 4.69) is 11.9 Å². The second kappa shape index (κ2) is 5.46. The largest absolute Gasteiger partial charge is 0.504 e. The van der Waals surface area contributed by atoms with Crippen LogP contribution in [0.2, 0.25) is 0 Å². The van der Waals surface area contributed by atoms with E-state index in [0.717, 1.165) is 30.5 Å². The monoisotopic (exact) mass is 330 g/mol. The van der Waals surface area contributed by atoms with Gasteiger partial charge in [-0.15, -0.1) is 0 Å². The fourth-order valence-corrected chi connectivity index (χ4v) is 5.19. The van der Waals surface area contributed by atoms with Gasteiger partial charge in [-0.2, -0.15) is 0 Å². The number of ketones is 1. The third-order valence-corrected chi connectivity index (χ3v) is 6.38. The van der Waals surface area contributed by atoms with Gasteiger partial charge in [-0.25, -0.2) is 0 Å². The van der Waals surface area contributed by atoms with Crippen molar-refractivity contribution < 1.29 is 19.4 Å². The molecule has 3 aliphatic rings. The van der Waals surface area contributed by atoms with E-state index in [1.54, 1.807) is 14.2 Å². The highest BCUT2D eigenvalue weighted by Gasteiger charge is 2.58. The molecular weight excluding hydrogens is 306 g/mol. The number of nitrogens with zero attached hydrogens (tertiary/aromatic N) is 1. The minimum Gasteiger partial charge on any atom is -0.504 e. The molecule has 5 nitrogen and oxygen atoms in total. The molecule has 1 saturated carbocycles. The second-order valence-electron chi connectivity index (χ2n) is 7.31. The number of fused-ring (bicyclic) bond motifs is 1. The van der Waals surface area contributed by atoms with Crippen LogP contribution in [0.5, 0.6) is 11.5 Å². The summed E-state index contributed by atoms with van der Waals surface area (Å²) in [4.78, 5) is 15.0. The average Bonchev–Trinajstić information content (AvgIpc) is 2.57. The van der Waals surface area contributed by atoms with Crippen LogP contribution in [0.25, 0.3) is 0 Å². The Hall–Kier alpha value is -1.59. The van der Waals surface area contributed by atoms with Crippen molar-refractivity contribution in [3.05, 3.63) is 29.7 Å². The molecular formula is C19H24NO4. The number of hydrogen-bond acceptors (Lipinski definition) is 5. The Kier molecular flexibility index (Phi) is 3.62. The molecule has 1 radical (unpaired) electrons. The van der Waals surface area contributed by atoms with Crippen LogP contribution in [0.1, 0.15) is 24.0 Å². The van der Waals surface area contributed by atoms with Crippen molar-refractivity contribution in [1.29, 1.82) is 0 Å². The van der Waals surface area contributed by atoms with E-state index >= 15 is 0 Å². The number of carbonyl (C=O) groups is 1. The van der Waals surface area contributed by atoms with Crippen molar-refractivity contribution in [2.24, 2.45) is 5.92 Å². The zero-order valence-corrected chi connectivity index (χ0v) is 14.4. The number of piperidine rings is 1. The van der Waals surface area contributed by atoms with Crippen molar-refractivity contribution in [3.8, 4) is 11.5 Å². The molecule has 4 atom stereocenters. The lowest BCUT2D eigenvalue weighted by Crippen LogP contribution is -2.63. The molecule has 0 spiro atoms. The number of carbonyl (C=O) groups excluding carboxylic acids is 1. The quantitative estimate of drug-likeness (QED) is 0.894. The second-order valence-corrected chi connectivity index (χ2v) is 7.31. The highest BCUT2D eigenvalue weighted by molar-refractivity contribution is 5.94. The molecule has 1 saturated heterocycles. The summed E-state index contributed by atoms with van der Waals surface area (Å²) in [6.07, 6.45) is 3.89. The van der Waals surface area contributed by atoms with Gasteiger partial charge in [-0.3, -0.25) is 4.79 Å². The number of hydrogen-bond donors (Lipinski definition) is 1. The van der Waals surface area contributed by atoms with Crippen LogP contribution in [-0.4, -0.2) is 55.7 Å². The molecule has 4 rings (SSSR count). The van der Waals surface area contributed by atoms with Gasteiger partial charge in [-0.05, 0) is 50.4 Å². The lowest BCUT2D eigenvalue weighted by atomic mass is 9.51. The van der Waals surface area contributed by atoms with Crippen LogP contribution >= 0.6 is 0 Å². The lowest BCUT2D eigenvalue weighted by Gasteiger charge is -2.58. The standard InChI is InChI=1S/C19H24NO4/c1-20-7-6-19-10-14(21)16(24-3)9-12(19)13(20)8-11-4-5-15(23-2)18(22)17(11)19/h4-5,10,12-13,16,22H,6-9H2,1-3H3/t12?,13?,16?,19-/m1/s1. The number of aromatic hydroxyl groups is 1. The van der Waals surface area contributed by atoms with E-state index in [1.807, 2.05) is 18.6 Å². The Bertz CT molecular complexity index is 688. The highest BCUT2D eigenvalue weighted by Crippen LogP contribution is 2.58. The fourth-order valence-electron chi connectivity index (χ4n) is 5.19. The summed E-state index contributed by atoms with van der Waals surface area (Å²) in [5.74, 6) is 0.980. The van der Waals surface area contributed by atoms with E-state index in [0.29, 0.717) is 18.2 Å². The van der Waals surface area contributed by atoms with Gasteiger partial charge in [0.2, 0.25) is 0 Å². The lowest BCUT2D eigenvalue weighted by molar-refractivity contribution is -0.134. The number of likely N-dealkylation sites (N-methyl/N-ethyl adjacent to an activating group) is 1. The predicted octanol–water partition coefficient (Wildman–Crippen LogP) is 1.71. The number of methoxy groups -OCH3 is 2. The highest BCUT2D eigenvalue weighted by atomic mass is 16.5. The fraction of sp³-hybridized carbons (Fsp3) is 0.579. The molecule has 1 aromatic carbocycles. The summed E-state index contributed by atoms with van der Waals surface area (Å²) in [7, 11) is 5.32. The Balaban J connectivity index is 1.91. The van der Waals surface area contributed by atoms with E-state index in [-0.39, 0.29) is 23.6 Å². The Morgan fingerprint density at radius 3 is 2.83 bits per heavy atom. The maximum Gasteiger partial charge on any atom is 0.166 e. The van der Waals surface area contributed by atoms with Crippen LogP contribution in [0.15, 0.2) is 12.1 Å². The van der Waals surface area contributed by atoms with E-state index in [4.69, 9.17) is 9.47 Å². The Morgan fingerprint density at radius 1 is 1.33 bits per heavy atom. The van der Waals surface area contributed by atoms with Gasteiger partial charge in [0, 0.05) is 30.6 Å². The number of ether oxygens (including phenoxy) is 2. The van der Waals surface area contributed by atoms with Crippen LogP contribution in [-0.2, 0) is 21.4 Å². The van der Waals surface area contributed by atoms with E-state index < -0.39 is 5.41 Å². The molecule has 0 aromatic heterocycles. The van der Waals surface area contributed by atoms with Gasteiger partial charge >= 0.3 is 0 Å². The summed E-state index contributed by atoms with van der Waals surface area (Å²) in [6.45, 7) is 0.915.